The van der Waals surface area contributed by atoms with Crippen LogP contribution in [0, 0.1) is 6.92 Å². The van der Waals surface area contributed by atoms with E-state index in [4.69, 9.17) is 14.2 Å². The molecule has 0 saturated heterocycles. The van der Waals surface area contributed by atoms with E-state index in [0.29, 0.717) is 18.4 Å². The normalized spacial score (nSPS) is 13.7. The Morgan fingerprint density at radius 1 is 0.650 bits per heavy atom. The molecule has 0 saturated carbocycles. The van der Waals surface area contributed by atoms with Crippen LogP contribution < -0.4 is 9.47 Å². The molecule has 0 N–H and O–H groups in total. The molecule has 0 spiro atoms. The van der Waals surface area contributed by atoms with Gasteiger partial charge in [-0.15, -0.1) is 0 Å². The molecule has 3 aromatic carbocycles. The van der Waals surface area contributed by atoms with Crippen LogP contribution in [0.1, 0.15) is 37.5 Å². The van der Waals surface area contributed by atoms with Crippen molar-refractivity contribution in [1.29, 1.82) is 0 Å². The molecule has 0 aliphatic heterocycles. The fraction of sp³-hybridized carbons (Fsp3) is 0.206. The molecule has 0 aromatic heterocycles. The molecule has 4 rings (SSSR count). The molecule has 1 unspecified atom stereocenters. The van der Waals surface area contributed by atoms with Crippen molar-refractivity contribution in [2.45, 2.75) is 46.6 Å². The highest BCUT2D eigenvalue weighted by Crippen LogP contribution is 2.36. The van der Waals surface area contributed by atoms with Crippen LogP contribution in [0.4, 0.5) is 0 Å². The molecule has 0 heterocycles. The Morgan fingerprint density at radius 2 is 1.20 bits per heavy atom. The smallest absolute Gasteiger partial charge is 0.338 e. The quantitative estimate of drug-likeness (QED) is 0.177. The van der Waals surface area contributed by atoms with Crippen molar-refractivity contribution >= 4 is 17.9 Å². The third-order valence-corrected chi connectivity index (χ3v) is 6.64. The Labute approximate surface area is 234 Å². The van der Waals surface area contributed by atoms with Crippen LogP contribution in [0.15, 0.2) is 91.1 Å². The van der Waals surface area contributed by atoms with E-state index in [1.807, 2.05) is 13.0 Å². The van der Waals surface area contributed by atoms with Crippen molar-refractivity contribution in [2.75, 3.05) is 0 Å². The van der Waals surface area contributed by atoms with Gasteiger partial charge >= 0.3 is 17.9 Å². The highest BCUT2D eigenvalue weighted by atomic mass is 16.6. The van der Waals surface area contributed by atoms with E-state index in [9.17, 15) is 14.4 Å². The lowest BCUT2D eigenvalue weighted by Crippen LogP contribution is -2.18. The van der Waals surface area contributed by atoms with Gasteiger partial charge in [-0.3, -0.25) is 0 Å². The lowest BCUT2D eigenvalue weighted by molar-refractivity contribution is -0.143. The number of benzene rings is 3. The second-order valence-corrected chi connectivity index (χ2v) is 10.2. The molecule has 0 radical (unpaired) electrons. The SMILES string of the molecule is C=C(C)C(=O)Oc1ccc(-c2ccc(-c3ccc4c(c3)CC(OC(=O)C(=C)C)C4)c(C)c2)cc1OC(=O)C(=C)C. The van der Waals surface area contributed by atoms with Gasteiger partial charge in [-0.05, 0) is 78.8 Å². The zero-order valence-electron chi connectivity index (χ0n) is 23.3. The molecule has 1 atom stereocenters. The van der Waals surface area contributed by atoms with E-state index in [2.05, 4.69) is 50.1 Å². The lowest BCUT2D eigenvalue weighted by atomic mass is 9.94. The summed E-state index contributed by atoms with van der Waals surface area (Å²) in [4.78, 5) is 36.3. The minimum absolute atomic E-state index is 0.113. The van der Waals surface area contributed by atoms with Crippen molar-refractivity contribution in [3.05, 3.63) is 108 Å². The summed E-state index contributed by atoms with van der Waals surface area (Å²) in [6, 6.07) is 17.5. The van der Waals surface area contributed by atoms with Crippen LogP contribution in [-0.4, -0.2) is 24.0 Å². The molecule has 6 nitrogen and oxygen atoms in total. The molecule has 40 heavy (non-hydrogen) atoms. The average Bonchev–Trinajstić information content (AvgIpc) is 3.30. The van der Waals surface area contributed by atoms with Gasteiger partial charge in [0.15, 0.2) is 11.5 Å². The van der Waals surface area contributed by atoms with Crippen LogP contribution in [0.5, 0.6) is 11.5 Å². The van der Waals surface area contributed by atoms with Crippen LogP contribution in [-0.2, 0) is 32.0 Å². The van der Waals surface area contributed by atoms with E-state index in [1.54, 1.807) is 39.0 Å². The number of carbonyl (C=O) groups is 3. The molecule has 204 valence electrons. The lowest BCUT2D eigenvalue weighted by Gasteiger charge is -2.14. The Morgan fingerprint density at radius 3 is 1.82 bits per heavy atom. The molecule has 1 aliphatic rings. The van der Waals surface area contributed by atoms with E-state index in [1.165, 1.54) is 11.1 Å². The summed E-state index contributed by atoms with van der Waals surface area (Å²) in [6.07, 6.45) is 1.19. The van der Waals surface area contributed by atoms with Gasteiger partial charge in [-0.25, -0.2) is 14.4 Å². The van der Waals surface area contributed by atoms with Crippen LogP contribution >= 0.6 is 0 Å². The summed E-state index contributed by atoms with van der Waals surface area (Å²) in [6.45, 7) is 17.7. The van der Waals surface area contributed by atoms with Gasteiger partial charge in [0.25, 0.3) is 0 Å². The number of fused-ring (bicyclic) bond motifs is 1. The summed E-state index contributed by atoms with van der Waals surface area (Å²) in [5.41, 5.74) is 8.09. The molecular formula is C34H32O6. The van der Waals surface area contributed by atoms with Gasteiger partial charge < -0.3 is 14.2 Å². The third kappa shape index (κ3) is 6.29. The van der Waals surface area contributed by atoms with Crippen LogP contribution in [0.25, 0.3) is 22.3 Å². The Hall–Kier alpha value is -4.71. The zero-order valence-corrected chi connectivity index (χ0v) is 23.3. The van der Waals surface area contributed by atoms with Gasteiger partial charge in [0.2, 0.25) is 0 Å². The first-order valence-corrected chi connectivity index (χ1v) is 12.9. The van der Waals surface area contributed by atoms with E-state index >= 15 is 0 Å². The maximum Gasteiger partial charge on any atom is 0.338 e. The number of hydrogen-bond acceptors (Lipinski definition) is 6. The van der Waals surface area contributed by atoms with Gasteiger partial charge in [0.1, 0.15) is 6.10 Å². The summed E-state index contributed by atoms with van der Waals surface area (Å²) in [5, 5.41) is 0. The second kappa shape index (κ2) is 11.6. The number of rotatable bonds is 8. The van der Waals surface area contributed by atoms with E-state index < -0.39 is 11.9 Å². The minimum Gasteiger partial charge on any atom is -0.458 e. The Balaban J connectivity index is 1.60. The first-order valence-electron chi connectivity index (χ1n) is 12.9. The highest BCUT2D eigenvalue weighted by Gasteiger charge is 2.25. The summed E-state index contributed by atoms with van der Waals surface area (Å²) < 4.78 is 16.4. The first kappa shape index (κ1) is 28.3. The maximum atomic E-state index is 12.3. The van der Waals surface area contributed by atoms with Gasteiger partial charge in [-0.1, -0.05) is 62.2 Å². The number of ether oxygens (including phenoxy) is 3. The molecule has 0 amide bonds. The molecule has 0 bridgehead atoms. The summed E-state index contributed by atoms with van der Waals surface area (Å²) in [5.74, 6) is -1.36. The summed E-state index contributed by atoms with van der Waals surface area (Å²) in [7, 11) is 0. The average molecular weight is 537 g/mol. The standard InChI is InChI=1S/C34H32O6/c1-19(2)32(35)38-28-16-24-8-9-26(15-27(24)17-28)29-12-10-23(14-22(29)7)25-11-13-30(39-33(36)20(3)4)31(18-25)40-34(37)21(5)6/h8-15,18,28H,1,3,5,16-17H2,2,4,6-7H3. The summed E-state index contributed by atoms with van der Waals surface area (Å²) >= 11 is 0. The van der Waals surface area contributed by atoms with Crippen LogP contribution in [0.2, 0.25) is 0 Å². The maximum absolute atomic E-state index is 12.3. The molecule has 3 aromatic rings. The van der Waals surface area contributed by atoms with Crippen molar-refractivity contribution < 1.29 is 28.6 Å². The first-order chi connectivity index (χ1) is 18.9. The van der Waals surface area contributed by atoms with E-state index in [0.717, 1.165) is 27.8 Å². The van der Waals surface area contributed by atoms with Crippen molar-refractivity contribution in [2.24, 2.45) is 0 Å². The second-order valence-electron chi connectivity index (χ2n) is 10.2. The number of esters is 3. The topological polar surface area (TPSA) is 78.9 Å². The molecule has 6 heteroatoms. The Bertz CT molecular complexity index is 1580. The largest absolute Gasteiger partial charge is 0.458 e. The third-order valence-electron chi connectivity index (χ3n) is 6.64. The van der Waals surface area contributed by atoms with Gasteiger partial charge in [-0.2, -0.15) is 0 Å². The fourth-order valence-corrected chi connectivity index (χ4v) is 4.47. The van der Waals surface area contributed by atoms with Gasteiger partial charge in [0.05, 0.1) is 0 Å². The molecule has 0 fully saturated rings. The number of aryl methyl sites for hydroxylation is 1. The van der Waals surface area contributed by atoms with E-state index in [-0.39, 0.29) is 34.7 Å². The highest BCUT2D eigenvalue weighted by molar-refractivity contribution is 5.91. The zero-order chi connectivity index (χ0) is 29.1. The van der Waals surface area contributed by atoms with Crippen molar-refractivity contribution in [3.8, 4) is 33.8 Å². The predicted octanol–water partition coefficient (Wildman–Crippen LogP) is 6.88. The van der Waals surface area contributed by atoms with Gasteiger partial charge in [0, 0.05) is 29.6 Å². The minimum atomic E-state index is -0.621. The fourth-order valence-electron chi connectivity index (χ4n) is 4.47. The number of carbonyl (C=O) groups excluding carboxylic acids is 3. The predicted molar refractivity (Wildman–Crippen MR) is 155 cm³/mol. The molecular weight excluding hydrogens is 504 g/mol. The number of hydrogen-bond donors (Lipinski definition) is 0. The molecule has 1 aliphatic carbocycles. The van der Waals surface area contributed by atoms with Crippen LogP contribution in [0.3, 0.4) is 0 Å². The monoisotopic (exact) mass is 536 g/mol. The Kier molecular flexibility index (Phi) is 8.19. The van der Waals surface area contributed by atoms with Crippen molar-refractivity contribution in [1.82, 2.24) is 0 Å². The van der Waals surface area contributed by atoms with Crippen molar-refractivity contribution in [3.63, 3.8) is 0 Å².